The van der Waals surface area contributed by atoms with E-state index in [0.717, 1.165) is 10.0 Å². The molecular formula is C14H22BrClN2O2. The maximum absolute atomic E-state index is 11.5. The van der Waals surface area contributed by atoms with Gasteiger partial charge in [-0.15, -0.1) is 12.4 Å². The molecule has 1 aromatic rings. The smallest absolute Gasteiger partial charge is 0.319 e. The predicted octanol–water partition coefficient (Wildman–Crippen LogP) is 2.58. The van der Waals surface area contributed by atoms with Gasteiger partial charge in [0.05, 0.1) is 13.7 Å². The fourth-order valence-electron chi connectivity index (χ4n) is 1.88. The van der Waals surface area contributed by atoms with Gasteiger partial charge in [-0.05, 0) is 31.5 Å². The summed E-state index contributed by atoms with van der Waals surface area (Å²) in [6.07, 6.45) is 0. The topological polar surface area (TPSA) is 55.6 Å². The van der Waals surface area contributed by atoms with Gasteiger partial charge < -0.3 is 10.5 Å². The molecule has 1 rings (SSSR count). The molecule has 4 nitrogen and oxygen atoms in total. The van der Waals surface area contributed by atoms with Gasteiger partial charge in [-0.2, -0.15) is 0 Å². The Balaban J connectivity index is 0.00000361. The Morgan fingerprint density at radius 3 is 2.60 bits per heavy atom. The third-order valence-corrected chi connectivity index (χ3v) is 3.00. The summed E-state index contributed by atoms with van der Waals surface area (Å²) in [6, 6.07) is 8.01. The van der Waals surface area contributed by atoms with E-state index >= 15 is 0 Å². The highest BCUT2D eigenvalue weighted by Crippen LogP contribution is 2.14. The summed E-state index contributed by atoms with van der Waals surface area (Å²) in [5.41, 5.74) is 6.80. The minimum Gasteiger partial charge on any atom is -0.468 e. The summed E-state index contributed by atoms with van der Waals surface area (Å²) < 4.78 is 5.75. The molecule has 0 saturated carbocycles. The second kappa shape index (κ2) is 8.62. The molecule has 0 unspecified atom stereocenters. The summed E-state index contributed by atoms with van der Waals surface area (Å²) in [6.45, 7) is 5.41. The zero-order valence-corrected chi connectivity index (χ0v) is 14.5. The van der Waals surface area contributed by atoms with Crippen LogP contribution in [0, 0.1) is 0 Å². The largest absolute Gasteiger partial charge is 0.468 e. The van der Waals surface area contributed by atoms with Crippen molar-refractivity contribution in [2.24, 2.45) is 5.73 Å². The van der Waals surface area contributed by atoms with Crippen LogP contribution in [0.3, 0.4) is 0 Å². The number of nitrogens with zero attached hydrogens (tertiary/aromatic N) is 1. The van der Waals surface area contributed by atoms with E-state index in [9.17, 15) is 4.79 Å². The van der Waals surface area contributed by atoms with E-state index in [-0.39, 0.29) is 30.5 Å². The van der Waals surface area contributed by atoms with E-state index in [4.69, 9.17) is 10.5 Å². The molecule has 0 saturated heterocycles. The van der Waals surface area contributed by atoms with Crippen LogP contribution >= 0.6 is 28.3 Å². The first-order chi connectivity index (χ1) is 8.80. The molecule has 0 radical (unpaired) electrons. The maximum atomic E-state index is 11.5. The molecule has 20 heavy (non-hydrogen) atoms. The van der Waals surface area contributed by atoms with Crippen molar-refractivity contribution in [3.05, 3.63) is 34.3 Å². The molecule has 0 aliphatic carbocycles. The molecule has 0 heterocycles. The lowest BCUT2D eigenvalue weighted by atomic mass is 10.1. The van der Waals surface area contributed by atoms with Crippen molar-refractivity contribution in [1.82, 2.24) is 4.90 Å². The van der Waals surface area contributed by atoms with Gasteiger partial charge in [0, 0.05) is 23.1 Å². The van der Waals surface area contributed by atoms with Gasteiger partial charge in [0.2, 0.25) is 0 Å². The highest BCUT2D eigenvalue weighted by molar-refractivity contribution is 9.10. The van der Waals surface area contributed by atoms with Crippen molar-refractivity contribution in [3.8, 4) is 0 Å². The average Bonchev–Trinajstić information content (AvgIpc) is 2.26. The Morgan fingerprint density at radius 2 is 2.10 bits per heavy atom. The third kappa shape index (κ3) is 7.85. The lowest BCUT2D eigenvalue weighted by Gasteiger charge is -2.29. The van der Waals surface area contributed by atoms with Crippen LogP contribution in [0.4, 0.5) is 0 Å². The first-order valence-corrected chi connectivity index (χ1v) is 6.92. The molecule has 0 amide bonds. The Kier molecular flexibility index (Phi) is 8.35. The van der Waals surface area contributed by atoms with E-state index < -0.39 is 0 Å². The highest BCUT2D eigenvalue weighted by atomic mass is 79.9. The summed E-state index contributed by atoms with van der Waals surface area (Å²) in [4.78, 5) is 13.4. The summed E-state index contributed by atoms with van der Waals surface area (Å²) in [5, 5.41) is 0. The van der Waals surface area contributed by atoms with E-state index in [1.165, 1.54) is 7.11 Å². The molecule has 0 aliphatic rings. The van der Waals surface area contributed by atoms with Crippen molar-refractivity contribution in [2.75, 3.05) is 20.2 Å². The molecule has 0 spiro atoms. The zero-order valence-electron chi connectivity index (χ0n) is 12.1. The van der Waals surface area contributed by atoms with Crippen molar-refractivity contribution in [3.63, 3.8) is 0 Å². The summed E-state index contributed by atoms with van der Waals surface area (Å²) in [7, 11) is 1.40. The molecule has 114 valence electrons. The highest BCUT2D eigenvalue weighted by Gasteiger charge is 2.19. The number of esters is 1. The van der Waals surface area contributed by atoms with Crippen LogP contribution in [0.5, 0.6) is 0 Å². The van der Waals surface area contributed by atoms with Crippen molar-refractivity contribution in [1.29, 1.82) is 0 Å². The summed E-state index contributed by atoms with van der Waals surface area (Å²) >= 11 is 3.44. The number of benzene rings is 1. The van der Waals surface area contributed by atoms with Crippen LogP contribution in [0.2, 0.25) is 0 Å². The minimum absolute atomic E-state index is 0. The van der Waals surface area contributed by atoms with E-state index in [2.05, 4.69) is 15.9 Å². The Morgan fingerprint density at radius 1 is 1.45 bits per heavy atom. The first-order valence-electron chi connectivity index (χ1n) is 6.12. The quantitative estimate of drug-likeness (QED) is 0.787. The number of hydrogen-bond acceptors (Lipinski definition) is 4. The van der Waals surface area contributed by atoms with E-state index in [0.29, 0.717) is 13.1 Å². The monoisotopic (exact) mass is 364 g/mol. The minimum atomic E-state index is -0.361. The SMILES string of the molecule is COC(=O)CN(Cc1cccc(Br)c1)CC(C)(C)N.Cl. The van der Waals surface area contributed by atoms with Gasteiger partial charge in [-0.1, -0.05) is 28.1 Å². The average molecular weight is 366 g/mol. The van der Waals surface area contributed by atoms with Gasteiger partial charge in [-0.3, -0.25) is 9.69 Å². The summed E-state index contributed by atoms with van der Waals surface area (Å²) in [5.74, 6) is -0.251. The molecule has 0 aliphatic heterocycles. The van der Waals surface area contributed by atoms with E-state index in [1.807, 2.05) is 43.0 Å². The second-order valence-electron chi connectivity index (χ2n) is 5.34. The van der Waals surface area contributed by atoms with Gasteiger partial charge in [0.15, 0.2) is 0 Å². The fourth-order valence-corrected chi connectivity index (χ4v) is 2.33. The Bertz CT molecular complexity index is 435. The number of carbonyl (C=O) groups excluding carboxylic acids is 1. The Hall–Kier alpha value is -0.620. The van der Waals surface area contributed by atoms with Gasteiger partial charge >= 0.3 is 5.97 Å². The Labute approximate surface area is 135 Å². The number of nitrogens with two attached hydrogens (primary N) is 1. The molecule has 0 bridgehead atoms. The van der Waals surface area contributed by atoms with Gasteiger partial charge in [-0.25, -0.2) is 0 Å². The lowest BCUT2D eigenvalue weighted by molar-refractivity contribution is -0.142. The van der Waals surface area contributed by atoms with Crippen LogP contribution in [0.15, 0.2) is 28.7 Å². The van der Waals surface area contributed by atoms with Crippen molar-refractivity contribution < 1.29 is 9.53 Å². The van der Waals surface area contributed by atoms with Crippen LogP contribution in [0.1, 0.15) is 19.4 Å². The molecule has 0 fully saturated rings. The molecule has 0 atom stereocenters. The number of hydrogen-bond donors (Lipinski definition) is 1. The predicted molar refractivity (Wildman–Crippen MR) is 86.9 cm³/mol. The van der Waals surface area contributed by atoms with Crippen molar-refractivity contribution >= 4 is 34.3 Å². The number of halogens is 2. The van der Waals surface area contributed by atoms with Crippen LogP contribution in [-0.4, -0.2) is 36.6 Å². The van der Waals surface area contributed by atoms with Gasteiger partial charge in [0.25, 0.3) is 0 Å². The third-order valence-electron chi connectivity index (χ3n) is 2.51. The molecule has 2 N–H and O–H groups in total. The number of rotatable bonds is 6. The molecule has 6 heteroatoms. The van der Waals surface area contributed by atoms with Crippen LogP contribution < -0.4 is 5.73 Å². The molecule has 0 aromatic heterocycles. The zero-order chi connectivity index (χ0) is 14.5. The maximum Gasteiger partial charge on any atom is 0.319 e. The van der Waals surface area contributed by atoms with Crippen LogP contribution in [-0.2, 0) is 16.1 Å². The second-order valence-corrected chi connectivity index (χ2v) is 6.26. The van der Waals surface area contributed by atoms with Crippen LogP contribution in [0.25, 0.3) is 0 Å². The lowest BCUT2D eigenvalue weighted by Crippen LogP contribution is -2.46. The number of methoxy groups -OCH3 is 1. The number of carbonyl (C=O) groups is 1. The van der Waals surface area contributed by atoms with Gasteiger partial charge in [0.1, 0.15) is 0 Å². The standard InChI is InChI=1S/C14H21BrN2O2.ClH/c1-14(2,16)10-17(9-13(18)19-3)8-11-5-4-6-12(15)7-11;/h4-7H,8-10,16H2,1-3H3;1H. The normalized spacial score (nSPS) is 11.1. The molecular weight excluding hydrogens is 344 g/mol. The fraction of sp³-hybridized carbons (Fsp3) is 0.500. The molecule has 1 aromatic carbocycles. The number of ether oxygens (including phenoxy) is 1. The first kappa shape index (κ1) is 19.4. The van der Waals surface area contributed by atoms with Crippen molar-refractivity contribution in [2.45, 2.75) is 25.9 Å². The van der Waals surface area contributed by atoms with E-state index in [1.54, 1.807) is 0 Å².